The number of halogens is 3. The molecule has 0 aromatic heterocycles. The number of ketones is 1. The minimum absolute atomic E-state index is 0.325. The summed E-state index contributed by atoms with van der Waals surface area (Å²) in [4.78, 5) is 14.0. The molecule has 2 aromatic carbocycles. The quantitative estimate of drug-likeness (QED) is 0.596. The second-order valence-corrected chi connectivity index (χ2v) is 8.51. The van der Waals surface area contributed by atoms with Crippen molar-refractivity contribution in [2.24, 2.45) is 0 Å². The van der Waals surface area contributed by atoms with Crippen LogP contribution < -0.4 is 14.8 Å². The Bertz CT molecular complexity index is 920. The van der Waals surface area contributed by atoms with Crippen LogP contribution in [-0.4, -0.2) is 37.5 Å². The molecule has 2 atom stereocenters. The number of carbonyl (C=O) groups excluding carboxylic acids is 1. The van der Waals surface area contributed by atoms with E-state index >= 15 is 0 Å². The highest BCUT2D eigenvalue weighted by atomic mass is 32.2. The number of methoxy groups -OCH3 is 2. The number of ether oxygens (including phenoxy) is 2. The van der Waals surface area contributed by atoms with Gasteiger partial charge in [-0.1, -0.05) is 37.3 Å². The zero-order valence-electron chi connectivity index (χ0n) is 17.7. The maximum atomic E-state index is 13.1. The van der Waals surface area contributed by atoms with E-state index in [1.165, 1.54) is 11.8 Å². The lowest BCUT2D eigenvalue weighted by Crippen LogP contribution is -2.54. The standard InChI is InChI=1S/C23H26F3NO3S/c1-4-22(20(28)10-11-23(24,25)26)14-31-19-13-18(30-3)17(29-2)12-16(19)21(27-22)15-8-6-5-7-9-15/h5-9,12-13,21,27H,4,10-11,14H2,1-3H3/t21-,22+/m0/s1. The smallest absolute Gasteiger partial charge is 0.389 e. The molecule has 0 bridgehead atoms. The number of nitrogens with one attached hydrogen (secondary N) is 1. The molecule has 0 saturated heterocycles. The van der Waals surface area contributed by atoms with Crippen molar-refractivity contribution in [1.29, 1.82) is 0 Å². The van der Waals surface area contributed by atoms with Gasteiger partial charge >= 0.3 is 6.18 Å². The van der Waals surface area contributed by atoms with Crippen LogP contribution in [0.25, 0.3) is 0 Å². The topological polar surface area (TPSA) is 47.6 Å². The number of alkyl halides is 3. The minimum Gasteiger partial charge on any atom is -0.493 e. The first kappa shape index (κ1) is 23.5. The van der Waals surface area contributed by atoms with Crippen LogP contribution in [-0.2, 0) is 4.79 Å². The lowest BCUT2D eigenvalue weighted by molar-refractivity contribution is -0.145. The average Bonchev–Trinajstić information content (AvgIpc) is 2.94. The van der Waals surface area contributed by atoms with E-state index in [-0.39, 0.29) is 6.04 Å². The summed E-state index contributed by atoms with van der Waals surface area (Å²) in [7, 11) is 3.10. The molecule has 0 unspecified atom stereocenters. The van der Waals surface area contributed by atoms with E-state index in [1.54, 1.807) is 14.2 Å². The fourth-order valence-electron chi connectivity index (χ4n) is 3.79. The Morgan fingerprint density at radius 2 is 1.81 bits per heavy atom. The van der Waals surface area contributed by atoms with Crippen molar-refractivity contribution in [2.75, 3.05) is 20.0 Å². The molecular weight excluding hydrogens is 427 g/mol. The monoisotopic (exact) mass is 453 g/mol. The van der Waals surface area contributed by atoms with Crippen LogP contribution in [0.2, 0.25) is 0 Å². The molecule has 2 aromatic rings. The summed E-state index contributed by atoms with van der Waals surface area (Å²) in [6.45, 7) is 1.83. The molecular formula is C23H26F3NO3S. The van der Waals surface area contributed by atoms with Gasteiger partial charge in [0.1, 0.15) is 0 Å². The number of hydrogen-bond acceptors (Lipinski definition) is 5. The predicted octanol–water partition coefficient (Wildman–Crippen LogP) is 5.55. The van der Waals surface area contributed by atoms with Crippen molar-refractivity contribution >= 4 is 17.5 Å². The van der Waals surface area contributed by atoms with E-state index < -0.39 is 30.3 Å². The van der Waals surface area contributed by atoms with Gasteiger partial charge in [0.2, 0.25) is 0 Å². The number of rotatable bonds is 7. The van der Waals surface area contributed by atoms with Crippen LogP contribution in [0.4, 0.5) is 13.2 Å². The maximum absolute atomic E-state index is 13.1. The number of hydrogen-bond donors (Lipinski definition) is 1. The van der Waals surface area contributed by atoms with Crippen molar-refractivity contribution in [1.82, 2.24) is 5.32 Å². The Hall–Kier alpha value is -2.19. The molecule has 0 spiro atoms. The van der Waals surface area contributed by atoms with E-state index in [0.29, 0.717) is 23.7 Å². The first-order valence-electron chi connectivity index (χ1n) is 10.0. The largest absolute Gasteiger partial charge is 0.493 e. The molecule has 8 heteroatoms. The highest BCUT2D eigenvalue weighted by molar-refractivity contribution is 7.99. The zero-order chi connectivity index (χ0) is 22.6. The Labute approximate surface area is 184 Å². The Kier molecular flexibility index (Phi) is 7.21. The van der Waals surface area contributed by atoms with Crippen LogP contribution >= 0.6 is 11.8 Å². The van der Waals surface area contributed by atoms with Crippen molar-refractivity contribution in [3.63, 3.8) is 0 Å². The number of benzene rings is 2. The molecule has 0 radical (unpaired) electrons. The molecule has 3 rings (SSSR count). The van der Waals surface area contributed by atoms with Gasteiger partial charge in [-0.2, -0.15) is 13.2 Å². The van der Waals surface area contributed by atoms with E-state index in [9.17, 15) is 18.0 Å². The molecule has 0 aliphatic carbocycles. The summed E-state index contributed by atoms with van der Waals surface area (Å²) in [5.74, 6) is 1.02. The molecule has 1 aliphatic rings. The average molecular weight is 454 g/mol. The second kappa shape index (κ2) is 9.53. The van der Waals surface area contributed by atoms with Gasteiger partial charge < -0.3 is 9.47 Å². The normalized spacial score (nSPS) is 21.2. The summed E-state index contributed by atoms with van der Waals surface area (Å²) in [6, 6.07) is 12.9. The Morgan fingerprint density at radius 3 is 2.39 bits per heavy atom. The van der Waals surface area contributed by atoms with Gasteiger partial charge in [-0.25, -0.2) is 0 Å². The number of Topliss-reactive ketones (excluding diaryl/α,β-unsaturated/α-hetero) is 1. The summed E-state index contributed by atoms with van der Waals surface area (Å²) in [5.41, 5.74) is 0.725. The van der Waals surface area contributed by atoms with Crippen LogP contribution in [0.5, 0.6) is 11.5 Å². The van der Waals surface area contributed by atoms with Gasteiger partial charge in [-0.3, -0.25) is 10.1 Å². The summed E-state index contributed by atoms with van der Waals surface area (Å²) in [6.07, 6.45) is -5.66. The fourth-order valence-corrected chi connectivity index (χ4v) is 5.17. The Morgan fingerprint density at radius 1 is 1.16 bits per heavy atom. The number of thioether (sulfide) groups is 1. The molecule has 4 nitrogen and oxygen atoms in total. The first-order valence-corrected chi connectivity index (χ1v) is 11.0. The van der Waals surface area contributed by atoms with Gasteiger partial charge in [-0.15, -0.1) is 11.8 Å². The van der Waals surface area contributed by atoms with E-state index in [1.807, 2.05) is 49.4 Å². The third kappa shape index (κ3) is 5.18. The van der Waals surface area contributed by atoms with Crippen LogP contribution in [0.3, 0.4) is 0 Å². The van der Waals surface area contributed by atoms with Crippen LogP contribution in [0.1, 0.15) is 43.4 Å². The first-order chi connectivity index (χ1) is 14.7. The molecule has 168 valence electrons. The molecule has 1 aliphatic heterocycles. The molecule has 1 N–H and O–H groups in total. The molecule has 31 heavy (non-hydrogen) atoms. The highest BCUT2D eigenvalue weighted by Gasteiger charge is 2.43. The summed E-state index contributed by atoms with van der Waals surface area (Å²) in [5, 5.41) is 3.44. The van der Waals surface area contributed by atoms with Crippen LogP contribution in [0.15, 0.2) is 47.4 Å². The number of fused-ring (bicyclic) bond motifs is 1. The lowest BCUT2D eigenvalue weighted by Gasteiger charge is -2.34. The van der Waals surface area contributed by atoms with Gasteiger partial charge in [0.15, 0.2) is 17.3 Å². The Balaban J connectivity index is 2.07. The van der Waals surface area contributed by atoms with Gasteiger partial charge in [0, 0.05) is 17.1 Å². The predicted molar refractivity (Wildman–Crippen MR) is 115 cm³/mol. The minimum atomic E-state index is -4.37. The lowest BCUT2D eigenvalue weighted by atomic mass is 9.86. The molecule has 0 saturated carbocycles. The highest BCUT2D eigenvalue weighted by Crippen LogP contribution is 2.44. The van der Waals surface area contributed by atoms with Gasteiger partial charge in [0.25, 0.3) is 0 Å². The maximum Gasteiger partial charge on any atom is 0.389 e. The van der Waals surface area contributed by atoms with Gasteiger partial charge in [0.05, 0.1) is 32.2 Å². The van der Waals surface area contributed by atoms with Crippen LogP contribution in [0, 0.1) is 0 Å². The fraction of sp³-hybridized carbons (Fsp3) is 0.435. The molecule has 0 amide bonds. The third-order valence-corrected chi connectivity index (χ3v) is 6.93. The van der Waals surface area contributed by atoms with Crippen molar-refractivity contribution in [3.8, 4) is 11.5 Å². The molecule has 0 fully saturated rings. The summed E-state index contributed by atoms with van der Waals surface area (Å²) >= 11 is 1.45. The molecule has 1 heterocycles. The van der Waals surface area contributed by atoms with E-state index in [2.05, 4.69) is 5.32 Å². The van der Waals surface area contributed by atoms with Gasteiger partial charge in [-0.05, 0) is 29.7 Å². The SMILES string of the molecule is CC[C@]1(C(=O)CCC(F)(F)F)CSc2cc(OC)c(OC)cc2[C@H](c2ccccc2)N1. The zero-order valence-corrected chi connectivity index (χ0v) is 18.5. The van der Waals surface area contributed by atoms with E-state index in [4.69, 9.17) is 9.47 Å². The van der Waals surface area contributed by atoms with Crippen molar-refractivity contribution in [3.05, 3.63) is 53.6 Å². The van der Waals surface area contributed by atoms with E-state index in [0.717, 1.165) is 16.0 Å². The van der Waals surface area contributed by atoms with Crippen molar-refractivity contribution < 1.29 is 27.4 Å². The third-order valence-electron chi connectivity index (χ3n) is 5.63. The second-order valence-electron chi connectivity index (χ2n) is 7.50. The summed E-state index contributed by atoms with van der Waals surface area (Å²) < 4.78 is 49.3. The number of carbonyl (C=O) groups is 1. The van der Waals surface area contributed by atoms with Crippen molar-refractivity contribution in [2.45, 2.75) is 48.8 Å².